The van der Waals surface area contributed by atoms with Gasteiger partial charge in [-0.2, -0.15) is 5.10 Å². The molecule has 3 aromatic carbocycles. The maximum Gasteiger partial charge on any atom is 0.329 e. The number of hydrogen-bond donors (Lipinski definition) is 2. The van der Waals surface area contributed by atoms with Gasteiger partial charge in [0.1, 0.15) is 18.2 Å². The van der Waals surface area contributed by atoms with E-state index in [4.69, 9.17) is 25.8 Å². The predicted molar refractivity (Wildman–Crippen MR) is 138 cm³/mol. The number of methoxy groups -OCH3 is 1. The van der Waals surface area contributed by atoms with Gasteiger partial charge in [0.15, 0.2) is 11.5 Å². The quantitative estimate of drug-likeness (QED) is 0.204. The van der Waals surface area contributed by atoms with Crippen LogP contribution in [-0.4, -0.2) is 31.7 Å². The number of nitrogens with one attached hydrogen (secondary N) is 2. The third kappa shape index (κ3) is 7.19. The number of carbonyl (C=O) groups is 2. The van der Waals surface area contributed by atoms with Crippen molar-refractivity contribution in [2.24, 2.45) is 5.10 Å². The molecule has 0 unspecified atom stereocenters. The van der Waals surface area contributed by atoms with E-state index in [1.54, 1.807) is 49.4 Å². The summed E-state index contributed by atoms with van der Waals surface area (Å²) in [5, 5.41) is 6.54. The number of anilines is 1. The summed E-state index contributed by atoms with van der Waals surface area (Å²) in [6.45, 7) is 2.02. The first kappa shape index (κ1) is 27.0. The molecule has 3 rings (SSSR count). The largest absolute Gasteiger partial charge is 0.497 e. The van der Waals surface area contributed by atoms with Crippen LogP contribution in [0.1, 0.15) is 18.1 Å². The van der Waals surface area contributed by atoms with E-state index in [2.05, 4.69) is 31.8 Å². The maximum atomic E-state index is 14.1. The van der Waals surface area contributed by atoms with Crippen LogP contribution in [0.3, 0.4) is 0 Å². The molecule has 0 aromatic heterocycles. The average Bonchev–Trinajstić information content (AvgIpc) is 2.85. The first-order valence-corrected chi connectivity index (χ1v) is 11.8. The molecule has 11 heteroatoms. The monoisotopic (exact) mass is 577 g/mol. The van der Waals surface area contributed by atoms with E-state index in [-0.39, 0.29) is 17.2 Å². The topological polar surface area (TPSA) is 98.2 Å². The number of hydrazone groups is 1. The van der Waals surface area contributed by atoms with Gasteiger partial charge in [0.05, 0.1) is 29.4 Å². The summed E-state index contributed by atoms with van der Waals surface area (Å²) in [6, 6.07) is 14.2. The van der Waals surface area contributed by atoms with Crippen molar-refractivity contribution in [2.45, 2.75) is 13.5 Å². The number of amides is 2. The third-order valence-electron chi connectivity index (χ3n) is 4.69. The van der Waals surface area contributed by atoms with Crippen molar-refractivity contribution in [3.05, 3.63) is 81.0 Å². The zero-order valence-corrected chi connectivity index (χ0v) is 21.7. The van der Waals surface area contributed by atoms with E-state index in [1.165, 1.54) is 25.5 Å². The summed E-state index contributed by atoms with van der Waals surface area (Å²) < 4.78 is 31.1. The first-order chi connectivity index (χ1) is 17.3. The van der Waals surface area contributed by atoms with Gasteiger partial charge >= 0.3 is 11.8 Å². The summed E-state index contributed by atoms with van der Waals surface area (Å²) in [7, 11) is 1.53. The Hall–Kier alpha value is -3.63. The van der Waals surface area contributed by atoms with E-state index < -0.39 is 17.6 Å². The van der Waals surface area contributed by atoms with Crippen molar-refractivity contribution < 1.29 is 28.2 Å². The van der Waals surface area contributed by atoms with Crippen LogP contribution < -0.4 is 25.0 Å². The van der Waals surface area contributed by atoms with E-state index in [1.807, 2.05) is 0 Å². The van der Waals surface area contributed by atoms with Crippen molar-refractivity contribution in [1.29, 1.82) is 0 Å². The number of halogens is 3. The van der Waals surface area contributed by atoms with Gasteiger partial charge in [0.25, 0.3) is 0 Å². The van der Waals surface area contributed by atoms with Crippen LogP contribution in [0.25, 0.3) is 0 Å². The highest BCUT2D eigenvalue weighted by Gasteiger charge is 2.16. The second-order valence-electron chi connectivity index (χ2n) is 7.13. The number of benzene rings is 3. The van der Waals surface area contributed by atoms with Crippen LogP contribution in [0.2, 0.25) is 5.02 Å². The van der Waals surface area contributed by atoms with Gasteiger partial charge in [-0.15, -0.1) is 0 Å². The zero-order chi connectivity index (χ0) is 26.1. The number of nitrogens with zero attached hydrogens (tertiary/aromatic N) is 1. The fourth-order valence-corrected chi connectivity index (χ4v) is 3.75. The van der Waals surface area contributed by atoms with Gasteiger partial charge in [-0.05, 0) is 76.9 Å². The number of rotatable bonds is 9. The SMILES string of the molecule is CCOc1cc(/C=N/NC(=O)C(=O)Nc2ccc(OC)cc2)cc(Br)c1OCc1c(F)cccc1Cl. The Kier molecular flexibility index (Phi) is 9.66. The molecule has 8 nitrogen and oxygen atoms in total. The number of hydrogen-bond acceptors (Lipinski definition) is 6. The molecule has 2 amide bonds. The summed E-state index contributed by atoms with van der Waals surface area (Å²) in [6.07, 6.45) is 1.34. The number of carbonyl (C=O) groups excluding carboxylic acids is 2. The highest BCUT2D eigenvalue weighted by atomic mass is 79.9. The van der Waals surface area contributed by atoms with Gasteiger partial charge in [-0.25, -0.2) is 9.82 Å². The van der Waals surface area contributed by atoms with E-state index in [0.717, 1.165) is 0 Å². The van der Waals surface area contributed by atoms with E-state index in [9.17, 15) is 14.0 Å². The van der Waals surface area contributed by atoms with E-state index in [0.29, 0.717) is 39.6 Å². The second-order valence-corrected chi connectivity index (χ2v) is 8.40. The molecule has 0 aliphatic carbocycles. The predicted octanol–water partition coefficient (Wildman–Crippen LogP) is 5.32. The Balaban J connectivity index is 1.66. The number of ether oxygens (including phenoxy) is 3. The maximum absolute atomic E-state index is 14.1. The minimum absolute atomic E-state index is 0.114. The Morgan fingerprint density at radius 2 is 1.86 bits per heavy atom. The summed E-state index contributed by atoms with van der Waals surface area (Å²) in [5.74, 6) is -0.989. The molecule has 36 heavy (non-hydrogen) atoms. The molecule has 0 aliphatic rings. The van der Waals surface area contributed by atoms with Crippen molar-refractivity contribution in [1.82, 2.24) is 5.43 Å². The lowest BCUT2D eigenvalue weighted by atomic mass is 10.2. The zero-order valence-electron chi connectivity index (χ0n) is 19.3. The molecular formula is C25H22BrClFN3O5. The molecule has 0 saturated heterocycles. The summed E-state index contributed by atoms with van der Waals surface area (Å²) in [5.41, 5.74) is 3.35. The van der Waals surface area contributed by atoms with Gasteiger partial charge in [0.2, 0.25) is 0 Å². The minimum atomic E-state index is -0.951. The minimum Gasteiger partial charge on any atom is -0.497 e. The van der Waals surface area contributed by atoms with Gasteiger partial charge in [0, 0.05) is 11.3 Å². The van der Waals surface area contributed by atoms with E-state index >= 15 is 0 Å². The second kappa shape index (κ2) is 12.9. The van der Waals surface area contributed by atoms with Crippen molar-refractivity contribution in [3.63, 3.8) is 0 Å². The van der Waals surface area contributed by atoms with Crippen molar-refractivity contribution in [3.8, 4) is 17.2 Å². The lowest BCUT2D eigenvalue weighted by Gasteiger charge is -2.15. The van der Waals surface area contributed by atoms with Crippen molar-refractivity contribution >= 4 is 51.2 Å². The van der Waals surface area contributed by atoms with Crippen LogP contribution in [0.5, 0.6) is 17.2 Å². The standard InChI is InChI=1S/C25H22BrClFN3O5/c1-3-35-22-12-15(11-19(26)23(22)36-14-18-20(27)5-4-6-21(18)28)13-29-31-25(33)24(32)30-16-7-9-17(34-2)10-8-16/h4-13H,3,14H2,1-2H3,(H,30,32)(H,31,33)/b29-13+. The van der Waals surface area contributed by atoms with Crippen LogP contribution >= 0.6 is 27.5 Å². The van der Waals surface area contributed by atoms with Crippen molar-refractivity contribution in [2.75, 3.05) is 19.0 Å². The molecular weight excluding hydrogens is 557 g/mol. The molecule has 0 spiro atoms. The Morgan fingerprint density at radius 3 is 2.53 bits per heavy atom. The van der Waals surface area contributed by atoms with Crippen LogP contribution in [-0.2, 0) is 16.2 Å². The molecule has 0 aliphatic heterocycles. The van der Waals surface area contributed by atoms with Crippen LogP contribution in [0.4, 0.5) is 10.1 Å². The van der Waals surface area contributed by atoms with Gasteiger partial charge in [-0.1, -0.05) is 17.7 Å². The smallest absolute Gasteiger partial charge is 0.329 e. The van der Waals surface area contributed by atoms with Gasteiger partial charge in [-0.3, -0.25) is 9.59 Å². The third-order valence-corrected chi connectivity index (χ3v) is 5.63. The van der Waals surface area contributed by atoms with Crippen LogP contribution in [0, 0.1) is 5.82 Å². The molecule has 3 aromatic rings. The Morgan fingerprint density at radius 1 is 1.11 bits per heavy atom. The molecule has 2 N–H and O–H groups in total. The molecule has 0 bridgehead atoms. The lowest BCUT2D eigenvalue weighted by molar-refractivity contribution is -0.136. The summed E-state index contributed by atoms with van der Waals surface area (Å²) >= 11 is 9.49. The molecule has 0 atom stereocenters. The normalized spacial score (nSPS) is 10.7. The molecule has 188 valence electrons. The Labute approximate surface area is 220 Å². The molecule has 0 fully saturated rings. The molecule has 0 radical (unpaired) electrons. The highest BCUT2D eigenvalue weighted by Crippen LogP contribution is 2.37. The first-order valence-electron chi connectivity index (χ1n) is 10.6. The molecule has 0 heterocycles. The average molecular weight is 579 g/mol. The van der Waals surface area contributed by atoms with Crippen LogP contribution in [0.15, 0.2) is 64.2 Å². The highest BCUT2D eigenvalue weighted by molar-refractivity contribution is 9.10. The lowest BCUT2D eigenvalue weighted by Crippen LogP contribution is -2.32. The Bertz CT molecular complexity index is 1250. The molecule has 0 saturated carbocycles. The summed E-state index contributed by atoms with van der Waals surface area (Å²) in [4.78, 5) is 24.1. The fraction of sp³-hybridized carbons (Fsp3) is 0.160. The van der Waals surface area contributed by atoms with Gasteiger partial charge < -0.3 is 19.5 Å². The fourth-order valence-electron chi connectivity index (χ4n) is 2.96.